The van der Waals surface area contributed by atoms with Gasteiger partial charge in [-0.05, 0) is 18.1 Å². The molecule has 0 saturated carbocycles. The third kappa shape index (κ3) is 3.43. The lowest BCUT2D eigenvalue weighted by Gasteiger charge is -2.16. The summed E-state index contributed by atoms with van der Waals surface area (Å²) < 4.78 is 0. The van der Waals surface area contributed by atoms with Crippen molar-refractivity contribution in [3.05, 3.63) is 53.9 Å². The standard InChI is InChI=1S/C17H17NO3S/c1-3-4-10-15(19)18(2)13-11-14(22-16(13)17(20)21)12-8-6-5-7-9-12/h3,5-9,11H,1,4,10H2,2H3,(H,20,21). The summed E-state index contributed by atoms with van der Waals surface area (Å²) in [4.78, 5) is 26.0. The Balaban J connectivity index is 2.38. The summed E-state index contributed by atoms with van der Waals surface area (Å²) in [6.07, 6.45) is 2.56. The normalized spacial score (nSPS) is 10.2. The highest BCUT2D eigenvalue weighted by Gasteiger charge is 2.22. The van der Waals surface area contributed by atoms with Crippen molar-refractivity contribution in [2.45, 2.75) is 12.8 Å². The molecule has 2 rings (SSSR count). The van der Waals surface area contributed by atoms with Crippen molar-refractivity contribution in [1.82, 2.24) is 0 Å². The molecule has 1 amide bonds. The van der Waals surface area contributed by atoms with Crippen LogP contribution in [0.25, 0.3) is 10.4 Å². The van der Waals surface area contributed by atoms with Crippen LogP contribution in [0.4, 0.5) is 5.69 Å². The number of thiophene rings is 1. The molecule has 1 heterocycles. The van der Waals surface area contributed by atoms with Crippen LogP contribution in [-0.4, -0.2) is 24.0 Å². The maximum atomic E-state index is 12.1. The van der Waals surface area contributed by atoms with Crippen molar-refractivity contribution in [3.63, 3.8) is 0 Å². The minimum atomic E-state index is -1.02. The molecule has 1 N–H and O–H groups in total. The number of carbonyl (C=O) groups excluding carboxylic acids is 1. The number of allylic oxidation sites excluding steroid dienone is 1. The molecule has 5 heteroatoms. The van der Waals surface area contributed by atoms with Gasteiger partial charge in [0.1, 0.15) is 4.88 Å². The average molecular weight is 315 g/mol. The third-order valence-corrected chi connectivity index (χ3v) is 4.42. The van der Waals surface area contributed by atoms with E-state index in [0.29, 0.717) is 18.5 Å². The summed E-state index contributed by atoms with van der Waals surface area (Å²) in [6, 6.07) is 11.3. The van der Waals surface area contributed by atoms with Gasteiger partial charge in [0.15, 0.2) is 0 Å². The molecule has 0 saturated heterocycles. The molecule has 0 atom stereocenters. The predicted molar refractivity (Wildman–Crippen MR) is 89.6 cm³/mol. The van der Waals surface area contributed by atoms with E-state index in [4.69, 9.17) is 0 Å². The Bertz CT molecular complexity index is 691. The number of hydrogen-bond donors (Lipinski definition) is 1. The second kappa shape index (κ2) is 7.04. The summed E-state index contributed by atoms with van der Waals surface area (Å²) >= 11 is 1.18. The zero-order valence-corrected chi connectivity index (χ0v) is 13.1. The number of carbonyl (C=O) groups is 2. The van der Waals surface area contributed by atoms with E-state index in [1.54, 1.807) is 19.2 Å². The molecule has 2 aromatic rings. The van der Waals surface area contributed by atoms with E-state index >= 15 is 0 Å². The number of anilines is 1. The van der Waals surface area contributed by atoms with Crippen molar-refractivity contribution in [3.8, 4) is 10.4 Å². The van der Waals surface area contributed by atoms with Gasteiger partial charge in [0.2, 0.25) is 5.91 Å². The molecule has 0 radical (unpaired) electrons. The first-order valence-electron chi connectivity index (χ1n) is 6.84. The molecule has 1 aromatic heterocycles. The molecule has 0 fully saturated rings. The number of nitrogens with zero attached hydrogens (tertiary/aromatic N) is 1. The Morgan fingerprint density at radius 3 is 2.59 bits per heavy atom. The lowest BCUT2D eigenvalue weighted by atomic mass is 10.2. The molecule has 0 aliphatic heterocycles. The van der Waals surface area contributed by atoms with Gasteiger partial charge in [0.25, 0.3) is 0 Å². The van der Waals surface area contributed by atoms with Crippen molar-refractivity contribution < 1.29 is 14.7 Å². The van der Waals surface area contributed by atoms with E-state index in [0.717, 1.165) is 10.4 Å². The van der Waals surface area contributed by atoms with Crippen LogP contribution in [0.5, 0.6) is 0 Å². The van der Waals surface area contributed by atoms with Gasteiger partial charge in [-0.3, -0.25) is 4.79 Å². The maximum Gasteiger partial charge on any atom is 0.348 e. The number of hydrogen-bond acceptors (Lipinski definition) is 3. The molecule has 22 heavy (non-hydrogen) atoms. The molecule has 1 aromatic carbocycles. The minimum absolute atomic E-state index is 0.125. The SMILES string of the molecule is C=CCCC(=O)N(C)c1cc(-c2ccccc2)sc1C(=O)O. The largest absolute Gasteiger partial charge is 0.477 e. The van der Waals surface area contributed by atoms with E-state index in [9.17, 15) is 14.7 Å². The Kier molecular flexibility index (Phi) is 5.12. The van der Waals surface area contributed by atoms with Crippen LogP contribution < -0.4 is 4.90 Å². The smallest absolute Gasteiger partial charge is 0.348 e. The van der Waals surface area contributed by atoms with Crippen LogP contribution in [0.2, 0.25) is 0 Å². The maximum absolute atomic E-state index is 12.1. The van der Waals surface area contributed by atoms with E-state index in [2.05, 4.69) is 6.58 Å². The summed E-state index contributed by atoms with van der Waals surface area (Å²) in [5, 5.41) is 9.39. The Morgan fingerprint density at radius 1 is 1.32 bits per heavy atom. The van der Waals surface area contributed by atoms with Crippen LogP contribution in [0.15, 0.2) is 49.1 Å². The molecule has 114 valence electrons. The Morgan fingerprint density at radius 2 is 2.00 bits per heavy atom. The van der Waals surface area contributed by atoms with Gasteiger partial charge < -0.3 is 10.0 Å². The first-order chi connectivity index (χ1) is 10.5. The van der Waals surface area contributed by atoms with Gasteiger partial charge in [-0.25, -0.2) is 4.79 Å². The summed E-state index contributed by atoms with van der Waals surface area (Å²) in [6.45, 7) is 3.59. The molecule has 0 unspecified atom stereocenters. The van der Waals surface area contributed by atoms with Crippen LogP contribution in [0.1, 0.15) is 22.5 Å². The van der Waals surface area contributed by atoms with E-state index in [-0.39, 0.29) is 10.8 Å². The van der Waals surface area contributed by atoms with Gasteiger partial charge >= 0.3 is 5.97 Å². The molecule has 0 bridgehead atoms. The first-order valence-corrected chi connectivity index (χ1v) is 7.66. The van der Waals surface area contributed by atoms with Gasteiger partial charge in [-0.15, -0.1) is 17.9 Å². The molecular weight excluding hydrogens is 298 g/mol. The zero-order valence-electron chi connectivity index (χ0n) is 12.3. The fourth-order valence-electron chi connectivity index (χ4n) is 2.06. The van der Waals surface area contributed by atoms with Crippen LogP contribution >= 0.6 is 11.3 Å². The monoisotopic (exact) mass is 315 g/mol. The third-order valence-electron chi connectivity index (χ3n) is 3.26. The number of carboxylic acid groups (broad SMARTS) is 1. The van der Waals surface area contributed by atoms with Crippen molar-refractivity contribution >= 4 is 28.9 Å². The highest BCUT2D eigenvalue weighted by atomic mass is 32.1. The van der Waals surface area contributed by atoms with Gasteiger partial charge in [0, 0.05) is 18.3 Å². The van der Waals surface area contributed by atoms with Crippen LogP contribution in [-0.2, 0) is 4.79 Å². The van der Waals surface area contributed by atoms with Crippen LogP contribution in [0.3, 0.4) is 0 Å². The number of amides is 1. The molecular formula is C17H17NO3S. The quantitative estimate of drug-likeness (QED) is 0.818. The molecule has 0 aliphatic carbocycles. The number of benzene rings is 1. The number of carboxylic acids is 1. The fraction of sp³-hybridized carbons (Fsp3) is 0.176. The highest BCUT2D eigenvalue weighted by molar-refractivity contribution is 7.18. The van der Waals surface area contributed by atoms with Gasteiger partial charge in [-0.2, -0.15) is 0 Å². The van der Waals surface area contributed by atoms with Crippen molar-refractivity contribution in [1.29, 1.82) is 0 Å². The fourth-order valence-corrected chi connectivity index (χ4v) is 3.09. The average Bonchev–Trinajstić information content (AvgIpc) is 2.98. The number of rotatable bonds is 6. The van der Waals surface area contributed by atoms with Crippen LogP contribution in [0, 0.1) is 0 Å². The molecule has 4 nitrogen and oxygen atoms in total. The minimum Gasteiger partial charge on any atom is -0.477 e. The Hall–Kier alpha value is -2.40. The topological polar surface area (TPSA) is 57.6 Å². The van der Waals surface area contributed by atoms with Gasteiger partial charge in [0.05, 0.1) is 5.69 Å². The van der Waals surface area contributed by atoms with Crippen molar-refractivity contribution in [2.24, 2.45) is 0 Å². The first kappa shape index (κ1) is 16.0. The molecule has 0 aliphatic rings. The van der Waals surface area contributed by atoms with E-state index in [1.807, 2.05) is 30.3 Å². The molecule has 0 spiro atoms. The second-order valence-electron chi connectivity index (χ2n) is 4.78. The van der Waals surface area contributed by atoms with Gasteiger partial charge in [-0.1, -0.05) is 36.4 Å². The highest BCUT2D eigenvalue weighted by Crippen LogP contribution is 2.36. The Labute approximate surface area is 133 Å². The summed E-state index contributed by atoms with van der Waals surface area (Å²) in [7, 11) is 1.61. The lowest BCUT2D eigenvalue weighted by molar-refractivity contribution is -0.118. The zero-order chi connectivity index (χ0) is 16.1. The van der Waals surface area contributed by atoms with Crippen molar-refractivity contribution in [2.75, 3.05) is 11.9 Å². The summed E-state index contributed by atoms with van der Waals surface area (Å²) in [5.74, 6) is -1.15. The van der Waals surface area contributed by atoms with E-state index in [1.165, 1.54) is 16.2 Å². The summed E-state index contributed by atoms with van der Waals surface area (Å²) in [5.41, 5.74) is 1.37. The second-order valence-corrected chi connectivity index (χ2v) is 5.83. The number of aromatic carboxylic acids is 1. The lowest BCUT2D eigenvalue weighted by Crippen LogP contribution is -2.26. The predicted octanol–water partition coefficient (Wildman–Crippen LogP) is 4.04. The van der Waals surface area contributed by atoms with E-state index < -0.39 is 5.97 Å².